The van der Waals surface area contributed by atoms with Gasteiger partial charge in [-0.25, -0.2) is 4.39 Å². The normalized spacial score (nSPS) is 12.4. The van der Waals surface area contributed by atoms with Crippen molar-refractivity contribution in [1.29, 1.82) is 0 Å². The number of methoxy groups -OCH3 is 1. The Kier molecular flexibility index (Phi) is 3.22. The summed E-state index contributed by atoms with van der Waals surface area (Å²) in [5.41, 5.74) is 1.30. The summed E-state index contributed by atoms with van der Waals surface area (Å²) in [4.78, 5) is 0. The molecule has 84 valence electrons. The number of ether oxygens (including phenoxy) is 1. The molecule has 4 heteroatoms. The van der Waals surface area contributed by atoms with E-state index in [1.807, 2.05) is 16.8 Å². The first-order chi connectivity index (χ1) is 7.72. The Morgan fingerprint density at radius 3 is 2.69 bits per heavy atom. The van der Waals surface area contributed by atoms with Crippen LogP contribution in [0, 0.1) is 5.82 Å². The highest BCUT2D eigenvalue weighted by molar-refractivity contribution is 7.07. The predicted octanol–water partition coefficient (Wildman–Crippen LogP) is 2.98. The molecule has 1 aromatic carbocycles. The van der Waals surface area contributed by atoms with Crippen molar-refractivity contribution in [1.82, 2.24) is 0 Å². The van der Waals surface area contributed by atoms with Gasteiger partial charge < -0.3 is 9.84 Å². The zero-order valence-corrected chi connectivity index (χ0v) is 9.50. The second kappa shape index (κ2) is 4.63. The second-order valence-electron chi connectivity index (χ2n) is 3.35. The fraction of sp³-hybridized carbons (Fsp3) is 0.167. The number of aliphatic hydroxyl groups excluding tert-OH is 1. The highest BCUT2D eigenvalue weighted by atomic mass is 32.1. The molecule has 0 aliphatic rings. The first-order valence-corrected chi connectivity index (χ1v) is 5.70. The smallest absolute Gasteiger partial charge is 0.165 e. The molecular weight excluding hydrogens is 227 g/mol. The van der Waals surface area contributed by atoms with Crippen LogP contribution in [0.25, 0.3) is 0 Å². The molecule has 0 spiro atoms. The van der Waals surface area contributed by atoms with Gasteiger partial charge in [0.2, 0.25) is 0 Å². The van der Waals surface area contributed by atoms with Crippen molar-refractivity contribution in [2.45, 2.75) is 6.10 Å². The van der Waals surface area contributed by atoms with E-state index in [0.29, 0.717) is 5.56 Å². The average Bonchev–Trinajstić information content (AvgIpc) is 2.81. The van der Waals surface area contributed by atoms with Crippen LogP contribution >= 0.6 is 11.3 Å². The Morgan fingerprint density at radius 2 is 2.12 bits per heavy atom. The maximum absolute atomic E-state index is 13.4. The van der Waals surface area contributed by atoms with Crippen molar-refractivity contribution in [2.75, 3.05) is 7.11 Å². The molecule has 0 saturated heterocycles. The molecule has 1 aromatic heterocycles. The van der Waals surface area contributed by atoms with Crippen molar-refractivity contribution >= 4 is 11.3 Å². The summed E-state index contributed by atoms with van der Waals surface area (Å²) in [5.74, 6) is -0.282. The minimum absolute atomic E-state index is 0.182. The van der Waals surface area contributed by atoms with Gasteiger partial charge in [-0.2, -0.15) is 11.3 Å². The standard InChI is InChI=1S/C12H11FO2S/c1-15-11-3-2-8(6-10(11)13)12(14)9-4-5-16-7-9/h2-7,12,14H,1H3/t12-/m0/s1. The van der Waals surface area contributed by atoms with E-state index < -0.39 is 11.9 Å². The molecular formula is C12H11FO2S. The lowest BCUT2D eigenvalue weighted by molar-refractivity contribution is 0.220. The Balaban J connectivity index is 2.31. The molecule has 2 nitrogen and oxygen atoms in total. The van der Waals surface area contributed by atoms with Gasteiger partial charge in [0.15, 0.2) is 11.6 Å². The molecule has 1 atom stereocenters. The quantitative estimate of drug-likeness (QED) is 0.890. The molecule has 0 radical (unpaired) electrons. The first kappa shape index (κ1) is 11.1. The lowest BCUT2D eigenvalue weighted by Crippen LogP contribution is -1.99. The van der Waals surface area contributed by atoms with Crippen molar-refractivity contribution in [3.63, 3.8) is 0 Å². The number of hydrogen-bond donors (Lipinski definition) is 1. The molecule has 0 fully saturated rings. The second-order valence-corrected chi connectivity index (χ2v) is 4.13. The molecule has 0 saturated carbocycles. The lowest BCUT2D eigenvalue weighted by Gasteiger charge is -2.10. The maximum Gasteiger partial charge on any atom is 0.165 e. The predicted molar refractivity (Wildman–Crippen MR) is 61.3 cm³/mol. The summed E-state index contributed by atoms with van der Waals surface area (Å²) >= 11 is 1.50. The molecule has 16 heavy (non-hydrogen) atoms. The molecule has 0 bridgehead atoms. The average molecular weight is 238 g/mol. The van der Waals surface area contributed by atoms with Crippen LogP contribution in [0.15, 0.2) is 35.0 Å². The zero-order chi connectivity index (χ0) is 11.5. The number of aliphatic hydroxyl groups is 1. The van der Waals surface area contributed by atoms with E-state index >= 15 is 0 Å². The van der Waals surface area contributed by atoms with Crippen molar-refractivity contribution in [2.24, 2.45) is 0 Å². The number of thiophene rings is 1. The largest absolute Gasteiger partial charge is 0.494 e. The van der Waals surface area contributed by atoms with E-state index in [1.165, 1.54) is 30.6 Å². The molecule has 2 aromatic rings. The number of hydrogen-bond acceptors (Lipinski definition) is 3. The monoisotopic (exact) mass is 238 g/mol. The Labute approximate surface area is 96.9 Å². The number of rotatable bonds is 3. The van der Waals surface area contributed by atoms with Gasteiger partial charge >= 0.3 is 0 Å². The van der Waals surface area contributed by atoms with Gasteiger partial charge in [-0.3, -0.25) is 0 Å². The first-order valence-electron chi connectivity index (χ1n) is 4.76. The van der Waals surface area contributed by atoms with Gasteiger partial charge in [-0.05, 0) is 40.1 Å². The van der Waals surface area contributed by atoms with Gasteiger partial charge in [-0.15, -0.1) is 0 Å². The molecule has 0 aliphatic heterocycles. The van der Waals surface area contributed by atoms with Gasteiger partial charge in [0.1, 0.15) is 6.10 Å². The van der Waals surface area contributed by atoms with E-state index in [1.54, 1.807) is 6.07 Å². The Bertz CT molecular complexity index is 468. The third kappa shape index (κ3) is 2.08. The summed E-state index contributed by atoms with van der Waals surface area (Å²) in [5, 5.41) is 13.7. The summed E-state index contributed by atoms with van der Waals surface area (Å²) in [7, 11) is 1.41. The Hall–Kier alpha value is -1.39. The van der Waals surface area contributed by atoms with Crippen LogP contribution in [0.2, 0.25) is 0 Å². The van der Waals surface area contributed by atoms with Crippen LogP contribution < -0.4 is 4.74 Å². The number of halogens is 1. The van der Waals surface area contributed by atoms with E-state index in [0.717, 1.165) is 5.56 Å². The fourth-order valence-corrected chi connectivity index (χ4v) is 2.15. The third-order valence-corrected chi connectivity index (χ3v) is 3.05. The van der Waals surface area contributed by atoms with Crippen molar-refractivity contribution in [3.05, 3.63) is 52.0 Å². The highest BCUT2D eigenvalue weighted by Gasteiger charge is 2.13. The highest BCUT2D eigenvalue weighted by Crippen LogP contribution is 2.27. The molecule has 2 rings (SSSR count). The van der Waals surface area contributed by atoms with Crippen LogP contribution in [0.1, 0.15) is 17.2 Å². The summed E-state index contributed by atoms with van der Waals surface area (Å²) in [6.07, 6.45) is -0.786. The van der Waals surface area contributed by atoms with Gasteiger partial charge in [0, 0.05) is 0 Å². The van der Waals surface area contributed by atoms with Crippen LogP contribution in [0.4, 0.5) is 4.39 Å². The summed E-state index contributed by atoms with van der Waals surface area (Å²) in [6.45, 7) is 0. The van der Waals surface area contributed by atoms with E-state index in [4.69, 9.17) is 4.74 Å². The third-order valence-electron chi connectivity index (χ3n) is 2.35. The van der Waals surface area contributed by atoms with Crippen LogP contribution in [-0.2, 0) is 0 Å². The maximum atomic E-state index is 13.4. The molecule has 0 unspecified atom stereocenters. The minimum atomic E-state index is -0.786. The number of benzene rings is 1. The van der Waals surface area contributed by atoms with Crippen molar-refractivity contribution < 1.29 is 14.2 Å². The van der Waals surface area contributed by atoms with Gasteiger partial charge in [0.05, 0.1) is 7.11 Å². The lowest BCUT2D eigenvalue weighted by atomic mass is 10.0. The molecule has 0 amide bonds. The topological polar surface area (TPSA) is 29.5 Å². The van der Waals surface area contributed by atoms with Crippen LogP contribution in [-0.4, -0.2) is 12.2 Å². The van der Waals surface area contributed by atoms with Crippen LogP contribution in [0.5, 0.6) is 5.75 Å². The van der Waals surface area contributed by atoms with E-state index in [9.17, 15) is 9.50 Å². The van der Waals surface area contributed by atoms with Crippen molar-refractivity contribution in [3.8, 4) is 5.75 Å². The molecule has 1 N–H and O–H groups in total. The fourth-order valence-electron chi connectivity index (χ4n) is 1.48. The van der Waals surface area contributed by atoms with E-state index in [-0.39, 0.29) is 5.75 Å². The van der Waals surface area contributed by atoms with Gasteiger partial charge in [-0.1, -0.05) is 6.07 Å². The SMILES string of the molecule is COc1ccc([C@H](O)c2ccsc2)cc1F. The minimum Gasteiger partial charge on any atom is -0.494 e. The Morgan fingerprint density at radius 1 is 1.31 bits per heavy atom. The van der Waals surface area contributed by atoms with Gasteiger partial charge in [0.25, 0.3) is 0 Å². The zero-order valence-electron chi connectivity index (χ0n) is 8.68. The summed E-state index contributed by atoms with van der Waals surface area (Å²) in [6, 6.07) is 6.28. The molecule has 1 heterocycles. The van der Waals surface area contributed by atoms with Crippen LogP contribution in [0.3, 0.4) is 0 Å². The van der Waals surface area contributed by atoms with E-state index in [2.05, 4.69) is 0 Å². The summed E-state index contributed by atoms with van der Waals surface area (Å²) < 4.78 is 18.2. The molecule has 0 aliphatic carbocycles.